The number of thiocarbonyl (C=S) groups is 1. The summed E-state index contributed by atoms with van der Waals surface area (Å²) < 4.78 is 42.8. The number of nitrogens with one attached hydrogen (secondary N) is 1. The van der Waals surface area contributed by atoms with Crippen LogP contribution in [0.1, 0.15) is 20.8 Å². The molecule has 2 aromatic rings. The van der Waals surface area contributed by atoms with Crippen LogP contribution in [0, 0.1) is 31.9 Å². The molecule has 0 bridgehead atoms. The molecule has 3 heterocycles. The quantitative estimate of drug-likeness (QED) is 0.227. The number of anilines is 2. The van der Waals surface area contributed by atoms with Crippen LogP contribution in [-0.2, 0) is 14.3 Å². The minimum absolute atomic E-state index is 0.0245. The Bertz CT molecular complexity index is 1540. The first-order valence-electron chi connectivity index (χ1n) is 12.2. The maximum atomic E-state index is 13.7. The summed E-state index contributed by atoms with van der Waals surface area (Å²) in [6.07, 6.45) is 0. The lowest BCUT2D eigenvalue weighted by atomic mass is 10.1. The first-order valence-corrected chi connectivity index (χ1v) is 12.6. The third-order valence-electron chi connectivity index (χ3n) is 6.30. The molecule has 2 aromatic carbocycles. The number of esters is 1. The molecule has 1 amide bonds. The first-order chi connectivity index (χ1) is 19.8. The zero-order valence-electron chi connectivity index (χ0n) is 22.2. The highest BCUT2D eigenvalue weighted by molar-refractivity contribution is 7.80. The van der Waals surface area contributed by atoms with Crippen LogP contribution < -0.4 is 24.7 Å². The SMILES string of the molecule is CC1C(=O)NN=C2COc3cc(F)c([N+](=O)[O-])cc3N21.CCOC(=O)C(C)N1C(=S)COc2cc(F)c([N+](=O)[O-])cc21. The largest absolute Gasteiger partial charge is 0.484 e. The van der Waals surface area contributed by atoms with Crippen molar-refractivity contribution in [3.8, 4) is 11.5 Å². The zero-order valence-corrected chi connectivity index (χ0v) is 23.0. The Morgan fingerprint density at radius 1 is 1.12 bits per heavy atom. The Morgan fingerprint density at radius 2 is 1.67 bits per heavy atom. The molecule has 18 heteroatoms. The van der Waals surface area contributed by atoms with Gasteiger partial charge in [0.1, 0.15) is 41.8 Å². The van der Waals surface area contributed by atoms with E-state index in [1.807, 2.05) is 0 Å². The summed E-state index contributed by atoms with van der Waals surface area (Å²) in [6.45, 7) is 5.05. The fourth-order valence-corrected chi connectivity index (χ4v) is 4.60. The van der Waals surface area contributed by atoms with Crippen molar-refractivity contribution in [2.45, 2.75) is 32.9 Å². The van der Waals surface area contributed by atoms with Gasteiger partial charge in [-0.05, 0) is 20.8 Å². The molecule has 42 heavy (non-hydrogen) atoms. The van der Waals surface area contributed by atoms with E-state index >= 15 is 0 Å². The van der Waals surface area contributed by atoms with Gasteiger partial charge in [0.2, 0.25) is 11.6 Å². The first kappa shape index (κ1) is 30.0. The van der Waals surface area contributed by atoms with Gasteiger partial charge in [0, 0.05) is 24.3 Å². The van der Waals surface area contributed by atoms with Crippen LogP contribution in [0.15, 0.2) is 29.4 Å². The van der Waals surface area contributed by atoms with Crippen molar-refractivity contribution in [2.24, 2.45) is 5.10 Å². The number of nitrogens with zero attached hydrogens (tertiary/aromatic N) is 5. The van der Waals surface area contributed by atoms with Crippen LogP contribution in [0.5, 0.6) is 11.5 Å². The smallest absolute Gasteiger partial charge is 0.328 e. The number of nitro groups is 2. The molecule has 0 aliphatic carbocycles. The average Bonchev–Trinajstić information content (AvgIpc) is 2.94. The van der Waals surface area contributed by atoms with E-state index in [1.54, 1.807) is 20.8 Å². The minimum Gasteiger partial charge on any atom is -0.484 e. The van der Waals surface area contributed by atoms with Gasteiger partial charge >= 0.3 is 17.3 Å². The number of halogens is 2. The number of hydrogen-bond donors (Lipinski definition) is 1. The highest BCUT2D eigenvalue weighted by Crippen LogP contribution is 2.40. The highest BCUT2D eigenvalue weighted by Gasteiger charge is 2.37. The second-order valence-corrected chi connectivity index (χ2v) is 9.35. The molecule has 0 saturated carbocycles. The molecule has 3 aliphatic rings. The third kappa shape index (κ3) is 5.60. The summed E-state index contributed by atoms with van der Waals surface area (Å²) in [6, 6.07) is 2.50. The number of rotatable bonds is 5. The van der Waals surface area contributed by atoms with E-state index < -0.39 is 50.9 Å². The van der Waals surface area contributed by atoms with Crippen molar-refractivity contribution in [2.75, 3.05) is 29.6 Å². The number of hydrazone groups is 1. The molecule has 0 aromatic heterocycles. The zero-order chi connectivity index (χ0) is 30.9. The van der Waals surface area contributed by atoms with Gasteiger partial charge in [0.25, 0.3) is 5.91 Å². The Balaban J connectivity index is 0.000000193. The molecule has 2 atom stereocenters. The number of nitro benzene ring substituents is 2. The van der Waals surface area contributed by atoms with Crippen LogP contribution >= 0.6 is 12.2 Å². The van der Waals surface area contributed by atoms with Crippen LogP contribution in [-0.4, -0.2) is 64.5 Å². The second-order valence-electron chi connectivity index (χ2n) is 8.88. The highest BCUT2D eigenvalue weighted by atomic mass is 32.1. The normalized spacial score (nSPS) is 17.5. The van der Waals surface area contributed by atoms with Crippen molar-refractivity contribution in [1.29, 1.82) is 0 Å². The van der Waals surface area contributed by atoms with E-state index in [-0.39, 0.29) is 53.6 Å². The van der Waals surface area contributed by atoms with Gasteiger partial charge in [0.05, 0.1) is 27.8 Å². The van der Waals surface area contributed by atoms with Gasteiger partial charge in [0.15, 0.2) is 5.84 Å². The average molecular weight is 609 g/mol. The molecule has 222 valence electrons. The fourth-order valence-electron chi connectivity index (χ4n) is 4.29. The molecule has 0 spiro atoms. The van der Waals surface area contributed by atoms with E-state index in [4.69, 9.17) is 26.4 Å². The van der Waals surface area contributed by atoms with Crippen molar-refractivity contribution >= 4 is 57.7 Å². The maximum absolute atomic E-state index is 13.7. The Kier molecular flexibility index (Phi) is 8.46. The number of amides is 1. The molecule has 2 unspecified atom stereocenters. The number of fused-ring (bicyclic) bond motifs is 4. The van der Waals surface area contributed by atoms with Gasteiger partial charge in [-0.15, -0.1) is 0 Å². The number of carbonyl (C=O) groups excluding carboxylic acids is 2. The van der Waals surface area contributed by atoms with Crippen LogP contribution in [0.4, 0.5) is 31.5 Å². The summed E-state index contributed by atoms with van der Waals surface area (Å²) >= 11 is 5.15. The molecule has 15 nitrogen and oxygen atoms in total. The van der Waals surface area contributed by atoms with Crippen molar-refractivity contribution in [3.63, 3.8) is 0 Å². The van der Waals surface area contributed by atoms with E-state index in [2.05, 4.69) is 10.5 Å². The molecule has 1 N–H and O–H groups in total. The predicted octanol–water partition coefficient (Wildman–Crippen LogP) is 2.98. The van der Waals surface area contributed by atoms with E-state index in [0.29, 0.717) is 5.84 Å². The number of hydrogen-bond acceptors (Lipinski definition) is 12. The van der Waals surface area contributed by atoms with Gasteiger partial charge in [-0.25, -0.2) is 10.2 Å². The Hall–Kier alpha value is -5.00. The van der Waals surface area contributed by atoms with E-state index in [0.717, 1.165) is 24.3 Å². The van der Waals surface area contributed by atoms with Gasteiger partial charge in [-0.3, -0.25) is 25.0 Å². The summed E-state index contributed by atoms with van der Waals surface area (Å²) in [7, 11) is 0. The van der Waals surface area contributed by atoms with Crippen LogP contribution in [0.25, 0.3) is 0 Å². The Morgan fingerprint density at radius 3 is 2.24 bits per heavy atom. The van der Waals surface area contributed by atoms with Gasteiger partial charge in [-0.2, -0.15) is 13.9 Å². The fraction of sp³-hybridized carbons (Fsp3) is 0.333. The van der Waals surface area contributed by atoms with E-state index in [9.17, 15) is 38.6 Å². The lowest BCUT2D eigenvalue weighted by Gasteiger charge is -2.37. The molecule has 3 aliphatic heterocycles. The third-order valence-corrected chi connectivity index (χ3v) is 6.62. The van der Waals surface area contributed by atoms with Crippen molar-refractivity contribution < 1.29 is 42.4 Å². The predicted molar refractivity (Wildman–Crippen MR) is 146 cm³/mol. The summed E-state index contributed by atoms with van der Waals surface area (Å²) in [5, 5.41) is 25.5. The molecule has 0 radical (unpaired) electrons. The van der Waals surface area contributed by atoms with Crippen LogP contribution in [0.3, 0.4) is 0 Å². The number of ether oxygens (including phenoxy) is 3. The van der Waals surface area contributed by atoms with Crippen LogP contribution in [0.2, 0.25) is 0 Å². The molecular weight excluding hydrogens is 586 g/mol. The molecular formula is C24H22F2N6O9S. The topological polar surface area (TPSA) is 179 Å². The molecule has 0 saturated heterocycles. The lowest BCUT2D eigenvalue weighted by molar-refractivity contribution is -0.387. The number of carbonyl (C=O) groups is 2. The molecule has 0 fully saturated rings. The van der Waals surface area contributed by atoms with E-state index in [1.165, 1.54) is 9.80 Å². The Labute approximate surface area is 240 Å². The summed E-state index contributed by atoms with van der Waals surface area (Å²) in [4.78, 5) is 46.7. The van der Waals surface area contributed by atoms with Crippen molar-refractivity contribution in [3.05, 3.63) is 56.1 Å². The van der Waals surface area contributed by atoms with Crippen molar-refractivity contribution in [1.82, 2.24) is 5.43 Å². The number of amidine groups is 1. The summed E-state index contributed by atoms with van der Waals surface area (Å²) in [5.74, 6) is -2.24. The molecule has 5 rings (SSSR count). The second kappa shape index (κ2) is 11.9. The van der Waals surface area contributed by atoms with Gasteiger partial charge in [-0.1, -0.05) is 12.2 Å². The lowest BCUT2D eigenvalue weighted by Crippen LogP contribution is -2.55. The standard InChI is InChI=1S/C13H13FN2O5S.C11H9FN4O4/c1-3-20-13(17)7(2)15-10-5-9(16(18)19)8(14)4-11(10)21-6-12(15)22;1-5-11(17)14-13-10-4-20-9-2-6(12)7(16(18)19)3-8(9)15(5)10/h4-5,7H,3,6H2,1-2H3;2-3,5H,4H2,1H3,(H,14,17). The van der Waals surface area contributed by atoms with Gasteiger partial charge < -0.3 is 24.0 Å². The summed E-state index contributed by atoms with van der Waals surface area (Å²) in [5.41, 5.74) is 1.37. The maximum Gasteiger partial charge on any atom is 0.328 e. The number of benzene rings is 2. The monoisotopic (exact) mass is 608 g/mol. The minimum atomic E-state index is -1.01.